The summed E-state index contributed by atoms with van der Waals surface area (Å²) in [6.07, 6.45) is 3.41. The van der Waals surface area contributed by atoms with Crippen LogP contribution in [0.4, 0.5) is 0 Å². The van der Waals surface area contributed by atoms with Crippen molar-refractivity contribution in [3.63, 3.8) is 0 Å². The molecule has 28 heavy (non-hydrogen) atoms. The van der Waals surface area contributed by atoms with Crippen LogP contribution in [0, 0.1) is 0 Å². The fourth-order valence-electron chi connectivity index (χ4n) is 4.01. The molecule has 2 aliphatic rings. The second-order valence-corrected chi connectivity index (χ2v) is 9.42. The van der Waals surface area contributed by atoms with Crippen LogP contribution >= 0.6 is 22.7 Å². The van der Waals surface area contributed by atoms with E-state index in [2.05, 4.69) is 50.9 Å². The summed E-state index contributed by atoms with van der Waals surface area (Å²) in [6.45, 7) is 2.59. The zero-order chi connectivity index (χ0) is 18.9. The second-order valence-electron chi connectivity index (χ2n) is 7.57. The summed E-state index contributed by atoms with van der Waals surface area (Å²) < 4.78 is 0. The van der Waals surface area contributed by atoms with Crippen molar-refractivity contribution in [1.82, 2.24) is 15.2 Å². The van der Waals surface area contributed by atoms with Crippen molar-refractivity contribution in [2.24, 2.45) is 0 Å². The molecule has 5 rings (SSSR count). The van der Waals surface area contributed by atoms with Crippen LogP contribution < -0.4 is 5.32 Å². The van der Waals surface area contributed by atoms with Crippen LogP contribution in [0.25, 0.3) is 0 Å². The Morgan fingerprint density at radius 2 is 2.07 bits per heavy atom. The predicted octanol–water partition coefficient (Wildman–Crippen LogP) is 4.61. The highest BCUT2D eigenvalue weighted by Gasteiger charge is 2.31. The molecular weight excluding hydrogens is 386 g/mol. The van der Waals surface area contributed by atoms with Crippen molar-refractivity contribution in [3.05, 3.63) is 73.9 Å². The number of carbonyl (C=O) groups is 1. The van der Waals surface area contributed by atoms with Gasteiger partial charge >= 0.3 is 0 Å². The van der Waals surface area contributed by atoms with Crippen LogP contribution in [0.1, 0.15) is 56.2 Å². The molecular formula is C22H23N3OS2. The van der Waals surface area contributed by atoms with Crippen LogP contribution in [0.2, 0.25) is 0 Å². The lowest BCUT2D eigenvalue weighted by molar-refractivity contribution is 0.0931. The Balaban J connectivity index is 1.34. The number of hydrogen-bond acceptors (Lipinski definition) is 5. The Morgan fingerprint density at radius 3 is 2.89 bits per heavy atom. The summed E-state index contributed by atoms with van der Waals surface area (Å²) in [7, 11) is 0. The minimum absolute atomic E-state index is 0.0264. The molecule has 0 saturated heterocycles. The molecule has 2 aromatic heterocycles. The van der Waals surface area contributed by atoms with Crippen LogP contribution in [0.15, 0.2) is 47.3 Å². The van der Waals surface area contributed by atoms with E-state index in [0.29, 0.717) is 12.5 Å². The first kappa shape index (κ1) is 18.0. The lowest BCUT2D eigenvalue weighted by atomic mass is 10.0. The van der Waals surface area contributed by atoms with E-state index in [4.69, 9.17) is 0 Å². The monoisotopic (exact) mass is 409 g/mol. The number of carbonyl (C=O) groups excluding carboxylic acids is 1. The maximum Gasteiger partial charge on any atom is 0.263 e. The number of benzene rings is 1. The Bertz CT molecular complexity index is 961. The standard InChI is InChI=1S/C22H23N3OS2/c26-22(21-20(16-6-7-16)24-14-28-21)23-12-18(15-4-2-1-3-5-15)25-10-8-19-17(13-25)9-11-27-19/h1-5,9,11,14,16,18H,6-8,10,12-13H2,(H,23,26). The Labute approximate surface area is 173 Å². The van der Waals surface area contributed by atoms with E-state index < -0.39 is 0 Å². The van der Waals surface area contributed by atoms with Crippen molar-refractivity contribution in [3.8, 4) is 0 Å². The van der Waals surface area contributed by atoms with Crippen molar-refractivity contribution in [2.75, 3.05) is 13.1 Å². The number of aromatic nitrogens is 1. The molecule has 4 nitrogen and oxygen atoms in total. The molecule has 1 aromatic carbocycles. The molecule has 1 N–H and O–H groups in total. The summed E-state index contributed by atoms with van der Waals surface area (Å²) in [5, 5.41) is 5.41. The highest BCUT2D eigenvalue weighted by Crippen LogP contribution is 2.41. The van der Waals surface area contributed by atoms with Gasteiger partial charge < -0.3 is 5.32 Å². The quantitative estimate of drug-likeness (QED) is 0.647. The lowest BCUT2D eigenvalue weighted by Gasteiger charge is -2.35. The van der Waals surface area contributed by atoms with Gasteiger partial charge in [-0.2, -0.15) is 0 Å². The molecule has 3 aromatic rings. The summed E-state index contributed by atoms with van der Waals surface area (Å²) in [5.41, 5.74) is 5.50. The van der Waals surface area contributed by atoms with E-state index in [1.54, 1.807) is 5.51 Å². The third-order valence-corrected chi connectivity index (χ3v) is 7.55. The molecule has 0 spiro atoms. The van der Waals surface area contributed by atoms with E-state index in [9.17, 15) is 4.79 Å². The first-order chi connectivity index (χ1) is 13.8. The Morgan fingerprint density at radius 1 is 1.21 bits per heavy atom. The van der Waals surface area contributed by atoms with Gasteiger partial charge in [-0.05, 0) is 41.8 Å². The van der Waals surface area contributed by atoms with Gasteiger partial charge in [0.25, 0.3) is 5.91 Å². The van der Waals surface area contributed by atoms with Gasteiger partial charge in [-0.3, -0.25) is 9.69 Å². The molecule has 3 heterocycles. The maximum atomic E-state index is 12.9. The van der Waals surface area contributed by atoms with Gasteiger partial charge in [0, 0.05) is 30.4 Å². The number of thiazole rings is 1. The lowest BCUT2D eigenvalue weighted by Crippen LogP contribution is -2.40. The van der Waals surface area contributed by atoms with Crippen LogP contribution in [-0.2, 0) is 13.0 Å². The normalized spacial score (nSPS) is 17.9. The van der Waals surface area contributed by atoms with E-state index in [-0.39, 0.29) is 11.9 Å². The minimum Gasteiger partial charge on any atom is -0.349 e. The van der Waals surface area contributed by atoms with Gasteiger partial charge in [0.2, 0.25) is 0 Å². The number of nitrogens with zero attached hydrogens (tertiary/aromatic N) is 2. The van der Waals surface area contributed by atoms with Gasteiger partial charge in [0.05, 0.1) is 17.2 Å². The first-order valence-electron chi connectivity index (χ1n) is 9.85. The fourth-order valence-corrected chi connectivity index (χ4v) is 5.69. The Hall–Kier alpha value is -2.02. The number of fused-ring (bicyclic) bond motifs is 1. The van der Waals surface area contributed by atoms with E-state index in [1.165, 1.54) is 27.3 Å². The van der Waals surface area contributed by atoms with E-state index in [0.717, 1.165) is 42.9 Å². The Kier molecular flexibility index (Phi) is 5.01. The van der Waals surface area contributed by atoms with E-state index in [1.807, 2.05) is 17.4 Å². The molecule has 1 saturated carbocycles. The number of rotatable bonds is 6. The summed E-state index contributed by atoms with van der Waals surface area (Å²) in [6, 6.07) is 13.0. The van der Waals surface area contributed by atoms with E-state index >= 15 is 0 Å². The highest BCUT2D eigenvalue weighted by atomic mass is 32.1. The summed E-state index contributed by atoms with van der Waals surface area (Å²) in [5.74, 6) is 0.523. The van der Waals surface area contributed by atoms with Gasteiger partial charge in [-0.1, -0.05) is 30.3 Å². The highest BCUT2D eigenvalue weighted by molar-refractivity contribution is 7.12. The molecule has 0 bridgehead atoms. The molecule has 144 valence electrons. The van der Waals surface area contributed by atoms with Crippen molar-refractivity contribution < 1.29 is 4.79 Å². The van der Waals surface area contributed by atoms with Crippen molar-refractivity contribution in [1.29, 1.82) is 0 Å². The van der Waals surface area contributed by atoms with Crippen molar-refractivity contribution in [2.45, 2.75) is 37.8 Å². The van der Waals surface area contributed by atoms with Gasteiger partial charge in [-0.15, -0.1) is 22.7 Å². The van der Waals surface area contributed by atoms with Gasteiger partial charge in [0.1, 0.15) is 4.88 Å². The first-order valence-corrected chi connectivity index (χ1v) is 11.6. The summed E-state index contributed by atoms with van der Waals surface area (Å²) >= 11 is 3.33. The van der Waals surface area contributed by atoms with Crippen LogP contribution in [0.3, 0.4) is 0 Å². The third-order valence-electron chi connectivity index (χ3n) is 5.68. The molecule has 1 unspecified atom stereocenters. The molecule has 0 radical (unpaired) electrons. The van der Waals surface area contributed by atoms with Crippen LogP contribution in [-0.4, -0.2) is 28.9 Å². The zero-order valence-electron chi connectivity index (χ0n) is 15.6. The molecule has 1 fully saturated rings. The third kappa shape index (κ3) is 3.64. The number of amides is 1. The van der Waals surface area contributed by atoms with Crippen molar-refractivity contribution >= 4 is 28.6 Å². The fraction of sp³-hybridized carbons (Fsp3) is 0.364. The molecule has 1 aliphatic heterocycles. The number of hydrogen-bond donors (Lipinski definition) is 1. The predicted molar refractivity (Wildman–Crippen MR) is 114 cm³/mol. The average molecular weight is 410 g/mol. The molecule has 6 heteroatoms. The minimum atomic E-state index is 0.0264. The van der Waals surface area contributed by atoms with Crippen LogP contribution in [0.5, 0.6) is 0 Å². The molecule has 1 atom stereocenters. The number of thiophene rings is 1. The maximum absolute atomic E-state index is 12.9. The zero-order valence-corrected chi connectivity index (χ0v) is 17.3. The second kappa shape index (κ2) is 7.78. The topological polar surface area (TPSA) is 45.2 Å². The van der Waals surface area contributed by atoms with Gasteiger partial charge in [0.15, 0.2) is 0 Å². The molecule has 1 aliphatic carbocycles. The molecule has 1 amide bonds. The smallest absolute Gasteiger partial charge is 0.263 e. The average Bonchev–Trinajstić information content (AvgIpc) is 3.26. The summed E-state index contributed by atoms with van der Waals surface area (Å²) in [4.78, 5) is 22.1. The van der Waals surface area contributed by atoms with Gasteiger partial charge in [-0.25, -0.2) is 4.98 Å². The number of nitrogens with one attached hydrogen (secondary N) is 1. The largest absolute Gasteiger partial charge is 0.349 e. The SMILES string of the molecule is O=C(NCC(c1ccccc1)N1CCc2sccc2C1)c1scnc1C1CC1.